The molecule has 1 aromatic heterocycles. The zero-order valence-electron chi connectivity index (χ0n) is 8.40. The van der Waals surface area contributed by atoms with Crippen molar-refractivity contribution < 1.29 is 4.74 Å². The van der Waals surface area contributed by atoms with Crippen LogP contribution in [0.15, 0.2) is 10.7 Å². The minimum atomic E-state index is 0.514. The minimum Gasteiger partial charge on any atom is -0.383 e. The first-order chi connectivity index (χ1) is 6.83. The van der Waals surface area contributed by atoms with E-state index >= 15 is 0 Å². The highest BCUT2D eigenvalue weighted by molar-refractivity contribution is 8.01. The molecule has 0 saturated heterocycles. The molecule has 80 valence electrons. The number of nitrogens with one attached hydrogen (secondary N) is 1. The Morgan fingerprint density at radius 1 is 1.71 bits per heavy atom. The molecule has 1 N–H and O–H groups in total. The molecule has 1 heterocycles. The Morgan fingerprint density at radius 3 is 3.21 bits per heavy atom. The van der Waals surface area contributed by atoms with Crippen molar-refractivity contribution in [1.82, 2.24) is 14.7 Å². The molecule has 0 radical (unpaired) electrons. The second-order valence-corrected chi connectivity index (χ2v) is 5.30. The van der Waals surface area contributed by atoms with Crippen LogP contribution in [0.1, 0.15) is 6.92 Å². The molecule has 4 nitrogen and oxygen atoms in total. The van der Waals surface area contributed by atoms with Crippen LogP contribution in [0, 0.1) is 0 Å². The van der Waals surface area contributed by atoms with Crippen molar-refractivity contribution in [3.8, 4) is 0 Å². The zero-order valence-corrected chi connectivity index (χ0v) is 10.0. The smallest absolute Gasteiger partial charge is 0.170 e. The predicted octanol–water partition coefficient (Wildman–Crippen LogP) is 1.25. The minimum absolute atomic E-state index is 0.514. The maximum absolute atomic E-state index is 4.94. The predicted molar refractivity (Wildman–Crippen MR) is 60.0 cm³/mol. The number of ether oxygens (including phenoxy) is 1. The Labute approximate surface area is 92.6 Å². The van der Waals surface area contributed by atoms with Crippen molar-refractivity contribution in [3.63, 3.8) is 0 Å². The fourth-order valence-electron chi connectivity index (χ4n) is 0.908. The molecule has 0 fully saturated rings. The van der Waals surface area contributed by atoms with Gasteiger partial charge < -0.3 is 10.1 Å². The zero-order chi connectivity index (χ0) is 10.2. The fourth-order valence-corrected chi connectivity index (χ4v) is 2.63. The monoisotopic (exact) mass is 233 g/mol. The molecule has 6 heteroatoms. The molecule has 1 rings (SSSR count). The van der Waals surface area contributed by atoms with E-state index in [4.69, 9.17) is 4.74 Å². The van der Waals surface area contributed by atoms with Gasteiger partial charge in [-0.1, -0.05) is 18.7 Å². The summed E-state index contributed by atoms with van der Waals surface area (Å²) in [6.07, 6.45) is 1.60. The third-order valence-corrected chi connectivity index (χ3v) is 3.41. The number of rotatable bonds is 7. The van der Waals surface area contributed by atoms with Gasteiger partial charge in [0.1, 0.15) is 6.33 Å². The first-order valence-electron chi connectivity index (χ1n) is 4.46. The highest BCUT2D eigenvalue weighted by Crippen LogP contribution is 2.22. The molecule has 1 unspecified atom stereocenters. The standard InChI is InChI=1S/C8H15N3OS2/c1-7(5-9-3-4-12-2)13-8-10-6-11-14-8/h6-7,9H,3-5H2,1-2H3. The normalized spacial score (nSPS) is 13.0. The Balaban J connectivity index is 2.07. The van der Waals surface area contributed by atoms with Gasteiger partial charge in [0, 0.05) is 25.4 Å². The number of methoxy groups -OCH3 is 1. The van der Waals surface area contributed by atoms with Gasteiger partial charge in [-0.2, -0.15) is 4.37 Å². The number of thioether (sulfide) groups is 1. The van der Waals surface area contributed by atoms with Gasteiger partial charge in [-0.05, 0) is 11.5 Å². The van der Waals surface area contributed by atoms with Gasteiger partial charge in [0.05, 0.1) is 6.61 Å². The lowest BCUT2D eigenvalue weighted by atomic mass is 10.4. The van der Waals surface area contributed by atoms with Gasteiger partial charge in [-0.3, -0.25) is 0 Å². The number of nitrogens with zero attached hydrogens (tertiary/aromatic N) is 2. The Morgan fingerprint density at radius 2 is 2.57 bits per heavy atom. The topological polar surface area (TPSA) is 47.0 Å². The summed E-state index contributed by atoms with van der Waals surface area (Å²) in [5.74, 6) is 0. The van der Waals surface area contributed by atoms with Crippen LogP contribution >= 0.6 is 23.3 Å². The van der Waals surface area contributed by atoms with E-state index in [0.29, 0.717) is 5.25 Å². The molecular formula is C8H15N3OS2. The first-order valence-corrected chi connectivity index (χ1v) is 6.11. The van der Waals surface area contributed by atoms with Crippen molar-refractivity contribution in [1.29, 1.82) is 0 Å². The van der Waals surface area contributed by atoms with Gasteiger partial charge in [-0.25, -0.2) is 4.98 Å². The highest BCUT2D eigenvalue weighted by Gasteiger charge is 2.05. The summed E-state index contributed by atoms with van der Waals surface area (Å²) < 4.78 is 9.93. The van der Waals surface area contributed by atoms with Crippen LogP contribution in [0.4, 0.5) is 0 Å². The van der Waals surface area contributed by atoms with Gasteiger partial charge >= 0.3 is 0 Å². The largest absolute Gasteiger partial charge is 0.383 e. The average molecular weight is 233 g/mol. The molecule has 1 atom stereocenters. The van der Waals surface area contributed by atoms with Crippen molar-refractivity contribution in [2.45, 2.75) is 16.5 Å². The lowest BCUT2D eigenvalue weighted by Crippen LogP contribution is -2.26. The third-order valence-electron chi connectivity index (χ3n) is 1.56. The van der Waals surface area contributed by atoms with E-state index in [2.05, 4.69) is 21.6 Å². The van der Waals surface area contributed by atoms with E-state index in [-0.39, 0.29) is 0 Å². The maximum Gasteiger partial charge on any atom is 0.170 e. The van der Waals surface area contributed by atoms with E-state index in [1.54, 1.807) is 25.2 Å². The van der Waals surface area contributed by atoms with E-state index in [0.717, 1.165) is 24.0 Å². The van der Waals surface area contributed by atoms with Crippen LogP contribution in [-0.2, 0) is 4.74 Å². The summed E-state index contributed by atoms with van der Waals surface area (Å²) in [4.78, 5) is 4.12. The highest BCUT2D eigenvalue weighted by atomic mass is 32.2. The Kier molecular flexibility index (Phi) is 6.09. The van der Waals surface area contributed by atoms with E-state index in [9.17, 15) is 0 Å². The van der Waals surface area contributed by atoms with Crippen molar-refractivity contribution >= 4 is 23.3 Å². The number of aromatic nitrogens is 2. The summed E-state index contributed by atoms with van der Waals surface area (Å²) in [6.45, 7) is 4.80. The second kappa shape index (κ2) is 7.17. The van der Waals surface area contributed by atoms with Gasteiger partial charge in [-0.15, -0.1) is 0 Å². The van der Waals surface area contributed by atoms with E-state index < -0.39 is 0 Å². The molecule has 0 amide bonds. The van der Waals surface area contributed by atoms with E-state index in [1.807, 2.05) is 0 Å². The van der Waals surface area contributed by atoms with Crippen molar-refractivity contribution in [2.24, 2.45) is 0 Å². The average Bonchev–Trinajstić information content (AvgIpc) is 2.65. The molecule has 0 bridgehead atoms. The summed E-state index contributed by atoms with van der Waals surface area (Å²) in [6, 6.07) is 0. The van der Waals surface area contributed by atoms with Crippen LogP contribution in [0.25, 0.3) is 0 Å². The van der Waals surface area contributed by atoms with Crippen LogP contribution in [0.2, 0.25) is 0 Å². The summed E-state index contributed by atoms with van der Waals surface area (Å²) in [7, 11) is 1.71. The lowest BCUT2D eigenvalue weighted by molar-refractivity contribution is 0.199. The van der Waals surface area contributed by atoms with Gasteiger partial charge in [0.15, 0.2) is 4.34 Å². The molecule has 0 aromatic carbocycles. The molecule has 0 aliphatic carbocycles. The molecule has 0 aliphatic rings. The van der Waals surface area contributed by atoms with Crippen molar-refractivity contribution in [3.05, 3.63) is 6.33 Å². The summed E-state index contributed by atoms with van der Waals surface area (Å²) in [5, 5.41) is 3.82. The van der Waals surface area contributed by atoms with Gasteiger partial charge in [0.2, 0.25) is 0 Å². The SMILES string of the molecule is COCCNCC(C)Sc1ncns1. The molecule has 0 saturated carbocycles. The van der Waals surface area contributed by atoms with Gasteiger partial charge in [0.25, 0.3) is 0 Å². The molecule has 14 heavy (non-hydrogen) atoms. The van der Waals surface area contributed by atoms with Crippen molar-refractivity contribution in [2.75, 3.05) is 26.8 Å². The summed E-state index contributed by atoms with van der Waals surface area (Å²) >= 11 is 3.19. The molecule has 0 spiro atoms. The van der Waals surface area contributed by atoms with Crippen LogP contribution in [-0.4, -0.2) is 41.4 Å². The molecule has 1 aromatic rings. The Bertz CT molecular complexity index is 231. The third kappa shape index (κ3) is 4.90. The quantitative estimate of drug-likeness (QED) is 0.567. The van der Waals surface area contributed by atoms with E-state index in [1.165, 1.54) is 11.5 Å². The number of hydrogen-bond acceptors (Lipinski definition) is 6. The lowest BCUT2D eigenvalue weighted by Gasteiger charge is -2.09. The second-order valence-electron chi connectivity index (χ2n) is 2.83. The molecule has 0 aliphatic heterocycles. The number of hydrogen-bond donors (Lipinski definition) is 1. The molecular weight excluding hydrogens is 218 g/mol. The van der Waals surface area contributed by atoms with Crippen LogP contribution in [0.5, 0.6) is 0 Å². The fraction of sp³-hybridized carbons (Fsp3) is 0.750. The summed E-state index contributed by atoms with van der Waals surface area (Å²) in [5.41, 5.74) is 0. The first kappa shape index (κ1) is 11.9. The maximum atomic E-state index is 4.94. The Hall–Kier alpha value is -0.170. The van der Waals surface area contributed by atoms with Crippen LogP contribution in [0.3, 0.4) is 0 Å². The van der Waals surface area contributed by atoms with Crippen LogP contribution < -0.4 is 5.32 Å².